The first-order chi connectivity index (χ1) is 15.3. The highest BCUT2D eigenvalue weighted by atomic mass is 32.1. The summed E-state index contributed by atoms with van der Waals surface area (Å²) < 4.78 is 3.12. The number of carbonyl (C=O) groups excluding carboxylic acids is 2. The van der Waals surface area contributed by atoms with E-state index in [0.29, 0.717) is 18.2 Å². The van der Waals surface area contributed by atoms with Crippen LogP contribution in [0, 0.1) is 19.8 Å². The van der Waals surface area contributed by atoms with Crippen molar-refractivity contribution in [2.75, 3.05) is 4.90 Å². The van der Waals surface area contributed by atoms with Crippen LogP contribution in [0.4, 0.5) is 5.69 Å². The number of benzene rings is 1. The van der Waals surface area contributed by atoms with Crippen molar-refractivity contribution in [3.05, 3.63) is 52.5 Å². The fourth-order valence-electron chi connectivity index (χ4n) is 5.50. The quantitative estimate of drug-likeness (QED) is 0.579. The van der Waals surface area contributed by atoms with Crippen LogP contribution in [0.5, 0.6) is 0 Å². The minimum absolute atomic E-state index is 0.0627. The van der Waals surface area contributed by atoms with Crippen LogP contribution in [-0.2, 0) is 11.3 Å². The molecule has 6 heteroatoms. The minimum atomic E-state index is -1.02. The number of aryl methyl sites for hydroxylation is 2. The summed E-state index contributed by atoms with van der Waals surface area (Å²) in [6, 6.07) is 10.3. The molecule has 2 aromatic heterocycles. The van der Waals surface area contributed by atoms with Gasteiger partial charge >= 0.3 is 0 Å². The molecular weight excluding hydrogens is 418 g/mol. The van der Waals surface area contributed by atoms with Gasteiger partial charge in [-0.25, -0.2) is 0 Å². The smallest absolute Gasteiger partial charge is 0.275 e. The number of aromatic nitrogens is 1. The van der Waals surface area contributed by atoms with Gasteiger partial charge in [-0.15, -0.1) is 11.3 Å². The first kappa shape index (κ1) is 21.3. The molecule has 1 aliphatic heterocycles. The van der Waals surface area contributed by atoms with E-state index in [4.69, 9.17) is 0 Å². The Morgan fingerprint density at radius 3 is 2.69 bits per heavy atom. The van der Waals surface area contributed by atoms with Gasteiger partial charge in [-0.1, -0.05) is 37.5 Å². The molecule has 168 valence electrons. The Morgan fingerprint density at radius 2 is 1.94 bits per heavy atom. The third kappa shape index (κ3) is 3.27. The van der Waals surface area contributed by atoms with Crippen LogP contribution in [0.3, 0.4) is 0 Å². The Hall–Kier alpha value is -2.60. The molecule has 1 aliphatic carbocycles. The second kappa shape index (κ2) is 7.77. The van der Waals surface area contributed by atoms with Gasteiger partial charge in [0.1, 0.15) is 11.2 Å². The highest BCUT2D eigenvalue weighted by Crippen LogP contribution is 2.39. The van der Waals surface area contributed by atoms with Crippen molar-refractivity contribution in [2.45, 2.75) is 71.5 Å². The zero-order chi connectivity index (χ0) is 22.6. The van der Waals surface area contributed by atoms with Crippen LogP contribution >= 0.6 is 11.3 Å². The maximum Gasteiger partial charge on any atom is 0.275 e. The van der Waals surface area contributed by atoms with Crippen molar-refractivity contribution >= 4 is 39.1 Å². The van der Waals surface area contributed by atoms with E-state index in [1.807, 2.05) is 55.0 Å². The van der Waals surface area contributed by atoms with E-state index in [2.05, 4.69) is 18.3 Å². The van der Waals surface area contributed by atoms with Crippen molar-refractivity contribution in [2.24, 2.45) is 5.92 Å². The number of hydrogen-bond donors (Lipinski definition) is 1. The molecule has 1 saturated carbocycles. The molecule has 3 heterocycles. The van der Waals surface area contributed by atoms with Gasteiger partial charge in [-0.3, -0.25) is 14.5 Å². The normalized spacial score (nSPS) is 25.8. The summed E-state index contributed by atoms with van der Waals surface area (Å²) in [4.78, 5) is 29.6. The van der Waals surface area contributed by atoms with Gasteiger partial charge in [0.25, 0.3) is 5.91 Å². The van der Waals surface area contributed by atoms with Crippen LogP contribution in [-0.4, -0.2) is 28.0 Å². The third-order valence-corrected chi connectivity index (χ3v) is 8.27. The Morgan fingerprint density at radius 1 is 1.16 bits per heavy atom. The van der Waals surface area contributed by atoms with E-state index in [0.717, 1.165) is 46.3 Å². The van der Waals surface area contributed by atoms with E-state index >= 15 is 0 Å². The number of anilines is 1. The van der Waals surface area contributed by atoms with Gasteiger partial charge < -0.3 is 9.88 Å². The van der Waals surface area contributed by atoms with Gasteiger partial charge in [-0.05, 0) is 68.7 Å². The number of nitrogens with one attached hydrogen (secondary N) is 1. The Labute approximate surface area is 193 Å². The summed E-state index contributed by atoms with van der Waals surface area (Å²) in [6.45, 7) is 8.65. The second-order valence-electron chi connectivity index (χ2n) is 9.83. The Balaban J connectivity index is 1.61. The van der Waals surface area contributed by atoms with Crippen LogP contribution in [0.2, 0.25) is 0 Å². The van der Waals surface area contributed by atoms with E-state index in [9.17, 15) is 9.59 Å². The molecule has 5 rings (SSSR count). The zero-order valence-corrected chi connectivity index (χ0v) is 20.1. The summed E-state index contributed by atoms with van der Waals surface area (Å²) in [5.74, 6) is 0.282. The fourth-order valence-corrected chi connectivity index (χ4v) is 6.32. The van der Waals surface area contributed by atoms with Crippen LogP contribution in [0.15, 0.2) is 35.7 Å². The van der Waals surface area contributed by atoms with E-state index in [-0.39, 0.29) is 17.9 Å². The molecule has 2 aliphatic rings. The summed E-state index contributed by atoms with van der Waals surface area (Å²) in [7, 11) is 0. The molecule has 3 atom stereocenters. The molecule has 32 heavy (non-hydrogen) atoms. The molecule has 0 unspecified atom stereocenters. The van der Waals surface area contributed by atoms with Gasteiger partial charge in [0.2, 0.25) is 5.91 Å². The number of rotatable bonds is 3. The molecule has 1 aromatic carbocycles. The lowest BCUT2D eigenvalue weighted by Crippen LogP contribution is -2.66. The predicted molar refractivity (Wildman–Crippen MR) is 131 cm³/mol. The summed E-state index contributed by atoms with van der Waals surface area (Å²) in [5.41, 5.74) is 3.62. The topological polar surface area (TPSA) is 54.3 Å². The maximum absolute atomic E-state index is 13.9. The van der Waals surface area contributed by atoms with Crippen LogP contribution < -0.4 is 10.2 Å². The van der Waals surface area contributed by atoms with E-state index in [1.165, 1.54) is 6.42 Å². The molecule has 0 saturated heterocycles. The molecule has 5 nitrogen and oxygen atoms in total. The lowest BCUT2D eigenvalue weighted by atomic mass is 9.84. The number of fused-ring (bicyclic) bond motifs is 3. The molecule has 3 aromatic rings. The molecule has 1 fully saturated rings. The van der Waals surface area contributed by atoms with Crippen molar-refractivity contribution in [1.82, 2.24) is 9.88 Å². The number of thiophene rings is 1. The number of carbonyl (C=O) groups is 2. The average Bonchev–Trinajstić information content (AvgIpc) is 3.34. The second-order valence-corrected chi connectivity index (χ2v) is 10.8. The molecule has 0 radical (unpaired) electrons. The Kier molecular flexibility index (Phi) is 5.16. The Bertz CT molecular complexity index is 1210. The average molecular weight is 450 g/mol. The van der Waals surface area contributed by atoms with E-state index < -0.39 is 5.54 Å². The minimum Gasteiger partial charge on any atom is -0.351 e. The predicted octanol–water partition coefficient (Wildman–Crippen LogP) is 5.43. The molecule has 0 spiro atoms. The molecule has 0 bridgehead atoms. The SMILES string of the molecule is Cc1ccc(N2C(=O)c3cc4sccc4n3C[C@]2(C)C(=O)N[C@@H]2CCCC[C@@H]2C)c(C)c1. The maximum atomic E-state index is 13.9. The first-order valence-electron chi connectivity index (χ1n) is 11.6. The van der Waals surface area contributed by atoms with E-state index in [1.54, 1.807) is 16.2 Å². The van der Waals surface area contributed by atoms with Crippen molar-refractivity contribution < 1.29 is 9.59 Å². The van der Waals surface area contributed by atoms with Gasteiger partial charge in [0.15, 0.2) is 0 Å². The summed E-state index contributed by atoms with van der Waals surface area (Å²) in [5, 5.41) is 5.39. The number of hydrogen-bond acceptors (Lipinski definition) is 3. The first-order valence-corrected chi connectivity index (χ1v) is 12.5. The van der Waals surface area contributed by atoms with Crippen molar-refractivity contribution in [1.29, 1.82) is 0 Å². The van der Waals surface area contributed by atoms with Crippen LogP contribution in [0.1, 0.15) is 61.1 Å². The molecular formula is C26H31N3O2S. The fraction of sp³-hybridized carbons (Fsp3) is 0.462. The van der Waals surface area contributed by atoms with Crippen molar-refractivity contribution in [3.8, 4) is 0 Å². The molecule has 2 amide bonds. The third-order valence-electron chi connectivity index (χ3n) is 7.41. The highest BCUT2D eigenvalue weighted by molar-refractivity contribution is 7.17. The lowest BCUT2D eigenvalue weighted by molar-refractivity contribution is -0.127. The van der Waals surface area contributed by atoms with Crippen LogP contribution in [0.25, 0.3) is 10.2 Å². The highest BCUT2D eigenvalue weighted by Gasteiger charge is 2.49. The van der Waals surface area contributed by atoms with Gasteiger partial charge in [0, 0.05) is 11.7 Å². The molecule has 1 N–H and O–H groups in total. The monoisotopic (exact) mass is 449 g/mol. The summed E-state index contributed by atoms with van der Waals surface area (Å²) >= 11 is 1.63. The number of amides is 2. The number of nitrogens with zero attached hydrogens (tertiary/aromatic N) is 2. The summed E-state index contributed by atoms with van der Waals surface area (Å²) in [6.07, 6.45) is 4.51. The lowest BCUT2D eigenvalue weighted by Gasteiger charge is -2.45. The largest absolute Gasteiger partial charge is 0.351 e. The van der Waals surface area contributed by atoms with Gasteiger partial charge in [-0.2, -0.15) is 0 Å². The van der Waals surface area contributed by atoms with Crippen molar-refractivity contribution in [3.63, 3.8) is 0 Å². The zero-order valence-electron chi connectivity index (χ0n) is 19.3. The standard InChI is InChI=1S/C26H31N3O2S/c1-16-9-10-20(18(3)13-16)29-24(30)22-14-23-21(11-12-32-23)28(22)15-26(29,4)25(31)27-19-8-6-5-7-17(19)2/h9-14,17,19H,5-8,15H2,1-4H3,(H,27,31)/t17-,19+,26+/m0/s1. The van der Waals surface area contributed by atoms with Gasteiger partial charge in [0.05, 0.1) is 16.8 Å².